The van der Waals surface area contributed by atoms with Crippen LogP contribution in [-0.2, 0) is 0 Å². The summed E-state index contributed by atoms with van der Waals surface area (Å²) in [5.41, 5.74) is 0.911. The molecule has 1 heterocycles. The zero-order valence-electron chi connectivity index (χ0n) is 7.36. The van der Waals surface area contributed by atoms with Crippen molar-refractivity contribution in [2.75, 3.05) is 0 Å². The Bertz CT molecular complexity index is 366. The molecule has 2 nitrogen and oxygen atoms in total. The number of rotatable bonds is 0. The van der Waals surface area contributed by atoms with Crippen LogP contribution in [0, 0.1) is 0 Å². The maximum absolute atomic E-state index is 5.86. The van der Waals surface area contributed by atoms with Gasteiger partial charge in [0.15, 0.2) is 5.72 Å². The standard InChI is InChI=1S/C11H11NO/c1-2-5-10-9(4-1)8-12-11(13-10)6-3-7-11/h1-2,4-5,8H,3,6-7H2. The van der Waals surface area contributed by atoms with E-state index in [1.807, 2.05) is 30.5 Å². The number of hydrogen-bond acceptors (Lipinski definition) is 2. The highest BCUT2D eigenvalue weighted by Crippen LogP contribution is 2.40. The van der Waals surface area contributed by atoms with Crippen molar-refractivity contribution in [3.8, 4) is 5.75 Å². The van der Waals surface area contributed by atoms with Crippen molar-refractivity contribution in [3.05, 3.63) is 29.8 Å². The molecule has 1 spiro atoms. The Balaban J connectivity index is 2.03. The van der Waals surface area contributed by atoms with Crippen LogP contribution >= 0.6 is 0 Å². The number of hydrogen-bond donors (Lipinski definition) is 0. The van der Waals surface area contributed by atoms with E-state index in [-0.39, 0.29) is 5.72 Å². The molecule has 1 saturated carbocycles. The SMILES string of the molecule is C1=NC2(CCC2)Oc2ccccc21. The molecule has 1 aliphatic heterocycles. The third-order valence-corrected chi connectivity index (χ3v) is 2.79. The van der Waals surface area contributed by atoms with Gasteiger partial charge in [-0.3, -0.25) is 0 Å². The van der Waals surface area contributed by atoms with E-state index in [2.05, 4.69) is 4.99 Å². The summed E-state index contributed by atoms with van der Waals surface area (Å²) < 4.78 is 5.86. The van der Waals surface area contributed by atoms with Crippen LogP contribution in [0.15, 0.2) is 29.3 Å². The van der Waals surface area contributed by atoms with Gasteiger partial charge in [0.1, 0.15) is 5.75 Å². The van der Waals surface area contributed by atoms with Crippen molar-refractivity contribution in [2.24, 2.45) is 4.99 Å². The van der Waals surface area contributed by atoms with Gasteiger partial charge in [-0.25, -0.2) is 4.99 Å². The van der Waals surface area contributed by atoms with E-state index in [9.17, 15) is 0 Å². The quantitative estimate of drug-likeness (QED) is 0.590. The average Bonchev–Trinajstić information content (AvgIpc) is 2.15. The van der Waals surface area contributed by atoms with E-state index in [1.54, 1.807) is 0 Å². The fraction of sp³-hybridized carbons (Fsp3) is 0.364. The van der Waals surface area contributed by atoms with Crippen LogP contribution in [0.25, 0.3) is 0 Å². The molecule has 13 heavy (non-hydrogen) atoms. The fourth-order valence-corrected chi connectivity index (χ4v) is 1.81. The Morgan fingerprint density at radius 1 is 1.23 bits per heavy atom. The van der Waals surface area contributed by atoms with Gasteiger partial charge < -0.3 is 4.74 Å². The van der Waals surface area contributed by atoms with Crippen LogP contribution in [0.4, 0.5) is 0 Å². The van der Waals surface area contributed by atoms with Crippen LogP contribution in [0.2, 0.25) is 0 Å². The zero-order valence-corrected chi connectivity index (χ0v) is 7.36. The number of aliphatic imine (C=N–C) groups is 1. The minimum absolute atomic E-state index is 0.186. The van der Waals surface area contributed by atoms with E-state index in [1.165, 1.54) is 6.42 Å². The van der Waals surface area contributed by atoms with Gasteiger partial charge in [-0.2, -0.15) is 0 Å². The normalized spacial score (nSPS) is 21.8. The average molecular weight is 173 g/mol. The molecule has 66 valence electrons. The summed E-state index contributed by atoms with van der Waals surface area (Å²) in [7, 11) is 0. The Kier molecular flexibility index (Phi) is 1.29. The van der Waals surface area contributed by atoms with Gasteiger partial charge in [0.2, 0.25) is 0 Å². The molecular weight excluding hydrogens is 162 g/mol. The fourth-order valence-electron chi connectivity index (χ4n) is 1.81. The van der Waals surface area contributed by atoms with E-state index in [0.29, 0.717) is 0 Å². The predicted molar refractivity (Wildman–Crippen MR) is 51.2 cm³/mol. The monoisotopic (exact) mass is 173 g/mol. The summed E-state index contributed by atoms with van der Waals surface area (Å²) >= 11 is 0. The van der Waals surface area contributed by atoms with Crippen LogP contribution in [0.5, 0.6) is 5.75 Å². The van der Waals surface area contributed by atoms with Crippen molar-refractivity contribution >= 4 is 6.21 Å². The van der Waals surface area contributed by atoms with Crippen LogP contribution in [-0.4, -0.2) is 11.9 Å². The van der Waals surface area contributed by atoms with Gasteiger partial charge >= 0.3 is 0 Å². The first kappa shape index (κ1) is 7.13. The molecule has 0 amide bonds. The highest BCUT2D eigenvalue weighted by molar-refractivity contribution is 5.84. The second-order valence-corrected chi connectivity index (χ2v) is 3.70. The first-order valence-electron chi connectivity index (χ1n) is 4.71. The molecule has 0 bridgehead atoms. The van der Waals surface area contributed by atoms with E-state index in [4.69, 9.17) is 4.74 Å². The zero-order chi connectivity index (χ0) is 8.73. The molecule has 2 heteroatoms. The third-order valence-electron chi connectivity index (χ3n) is 2.79. The molecule has 0 saturated heterocycles. The summed E-state index contributed by atoms with van der Waals surface area (Å²) in [5.74, 6) is 0.984. The van der Waals surface area contributed by atoms with Crippen molar-refractivity contribution in [3.63, 3.8) is 0 Å². The molecular formula is C11H11NO. The summed E-state index contributed by atoms with van der Waals surface area (Å²) in [4.78, 5) is 4.46. The number of benzene rings is 1. The van der Waals surface area contributed by atoms with Gasteiger partial charge in [-0.15, -0.1) is 0 Å². The Labute approximate surface area is 77.3 Å². The van der Waals surface area contributed by atoms with E-state index in [0.717, 1.165) is 24.2 Å². The Morgan fingerprint density at radius 2 is 2.08 bits per heavy atom. The van der Waals surface area contributed by atoms with Gasteiger partial charge in [0.25, 0.3) is 0 Å². The molecule has 1 aromatic rings. The second kappa shape index (κ2) is 2.34. The van der Waals surface area contributed by atoms with Gasteiger partial charge in [0, 0.05) is 24.6 Å². The van der Waals surface area contributed by atoms with Crippen molar-refractivity contribution in [1.29, 1.82) is 0 Å². The van der Waals surface area contributed by atoms with Crippen LogP contribution in [0.1, 0.15) is 24.8 Å². The second-order valence-electron chi connectivity index (χ2n) is 3.70. The lowest BCUT2D eigenvalue weighted by Gasteiger charge is -2.40. The maximum atomic E-state index is 5.86. The van der Waals surface area contributed by atoms with E-state index < -0.39 is 0 Å². The number of nitrogens with zero attached hydrogens (tertiary/aromatic N) is 1. The van der Waals surface area contributed by atoms with Gasteiger partial charge in [-0.1, -0.05) is 12.1 Å². The number of ether oxygens (including phenoxy) is 1. The summed E-state index contributed by atoms with van der Waals surface area (Å²) in [5, 5.41) is 0. The number of para-hydroxylation sites is 1. The largest absolute Gasteiger partial charge is 0.466 e. The Morgan fingerprint density at radius 3 is 2.85 bits per heavy atom. The van der Waals surface area contributed by atoms with Crippen molar-refractivity contribution in [2.45, 2.75) is 25.0 Å². The minimum atomic E-state index is -0.186. The van der Waals surface area contributed by atoms with Crippen LogP contribution < -0.4 is 4.74 Å². The summed E-state index contributed by atoms with van der Waals surface area (Å²) in [6, 6.07) is 8.06. The van der Waals surface area contributed by atoms with Gasteiger partial charge in [0.05, 0.1) is 0 Å². The molecule has 0 radical (unpaired) electrons. The predicted octanol–water partition coefficient (Wildman–Crippen LogP) is 2.38. The topological polar surface area (TPSA) is 21.6 Å². The maximum Gasteiger partial charge on any atom is 0.200 e. The first-order valence-corrected chi connectivity index (χ1v) is 4.71. The Hall–Kier alpha value is -1.31. The molecule has 0 N–H and O–H groups in total. The first-order chi connectivity index (χ1) is 6.38. The van der Waals surface area contributed by atoms with E-state index >= 15 is 0 Å². The molecule has 3 rings (SSSR count). The number of fused-ring (bicyclic) bond motifs is 1. The van der Waals surface area contributed by atoms with Crippen molar-refractivity contribution in [1.82, 2.24) is 0 Å². The summed E-state index contributed by atoms with van der Waals surface area (Å²) in [6.07, 6.45) is 5.31. The molecule has 1 fully saturated rings. The lowest BCUT2D eigenvalue weighted by atomic mass is 9.88. The molecule has 1 aliphatic carbocycles. The molecule has 0 unspecified atom stereocenters. The highest BCUT2D eigenvalue weighted by Gasteiger charge is 2.40. The highest BCUT2D eigenvalue weighted by atomic mass is 16.5. The molecule has 2 aliphatic rings. The third kappa shape index (κ3) is 0.981. The lowest BCUT2D eigenvalue weighted by molar-refractivity contribution is -0.000819. The molecule has 0 aromatic heterocycles. The van der Waals surface area contributed by atoms with Gasteiger partial charge in [-0.05, 0) is 18.6 Å². The lowest BCUT2D eigenvalue weighted by Crippen LogP contribution is -2.43. The minimum Gasteiger partial charge on any atom is -0.466 e. The molecule has 0 atom stereocenters. The smallest absolute Gasteiger partial charge is 0.200 e. The van der Waals surface area contributed by atoms with Crippen molar-refractivity contribution < 1.29 is 4.74 Å². The summed E-state index contributed by atoms with van der Waals surface area (Å²) in [6.45, 7) is 0. The van der Waals surface area contributed by atoms with Crippen LogP contribution in [0.3, 0.4) is 0 Å². The molecule has 1 aromatic carbocycles.